The van der Waals surface area contributed by atoms with Crippen molar-refractivity contribution in [1.29, 1.82) is 0 Å². The average molecular weight is 176 g/mol. The van der Waals surface area contributed by atoms with E-state index in [1.165, 1.54) is 6.07 Å². The minimum absolute atomic E-state index is 0.0481. The van der Waals surface area contributed by atoms with Crippen molar-refractivity contribution >= 4 is 11.8 Å². The highest BCUT2D eigenvalue weighted by molar-refractivity contribution is 6.08. The van der Waals surface area contributed by atoms with Crippen LogP contribution in [0.2, 0.25) is 0 Å². The predicted octanol–water partition coefficient (Wildman–Crippen LogP) is 1.51. The molecule has 0 atom stereocenters. The minimum atomic E-state index is -1.02. The number of carbonyl (C=O) groups is 2. The van der Waals surface area contributed by atoms with Gasteiger partial charge in [-0.1, -0.05) is 12.1 Å². The van der Waals surface area contributed by atoms with Gasteiger partial charge in [-0.3, -0.25) is 4.79 Å². The zero-order valence-corrected chi connectivity index (χ0v) is 6.91. The van der Waals surface area contributed by atoms with E-state index in [-0.39, 0.29) is 11.3 Å². The first-order chi connectivity index (χ1) is 6.20. The number of fused-ring (bicyclic) bond motifs is 1. The van der Waals surface area contributed by atoms with Crippen LogP contribution in [0.5, 0.6) is 0 Å². The van der Waals surface area contributed by atoms with E-state index < -0.39 is 5.97 Å². The summed E-state index contributed by atoms with van der Waals surface area (Å²) in [7, 11) is 0. The predicted molar refractivity (Wildman–Crippen MR) is 46.1 cm³/mol. The Hall–Kier alpha value is -1.64. The molecule has 0 saturated heterocycles. The van der Waals surface area contributed by atoms with E-state index in [9.17, 15) is 9.59 Å². The van der Waals surface area contributed by atoms with Gasteiger partial charge in [0.2, 0.25) is 0 Å². The molecule has 1 aromatic carbocycles. The summed E-state index contributed by atoms with van der Waals surface area (Å²) < 4.78 is 0. The Labute approximate surface area is 75.0 Å². The number of hydrogen-bond donors (Lipinski definition) is 1. The van der Waals surface area contributed by atoms with Crippen molar-refractivity contribution < 1.29 is 14.7 Å². The van der Waals surface area contributed by atoms with Gasteiger partial charge in [0.25, 0.3) is 0 Å². The van der Waals surface area contributed by atoms with Gasteiger partial charge in [-0.25, -0.2) is 4.79 Å². The molecule has 0 heterocycles. The highest BCUT2D eigenvalue weighted by atomic mass is 16.4. The number of hydrogen-bond acceptors (Lipinski definition) is 2. The number of benzene rings is 1. The first-order valence-electron chi connectivity index (χ1n) is 4.08. The van der Waals surface area contributed by atoms with Crippen molar-refractivity contribution in [3.63, 3.8) is 0 Å². The molecule has 0 amide bonds. The van der Waals surface area contributed by atoms with Gasteiger partial charge in [0.05, 0.1) is 5.56 Å². The molecule has 3 heteroatoms. The lowest BCUT2D eigenvalue weighted by Crippen LogP contribution is -2.05. The van der Waals surface area contributed by atoms with Crippen molar-refractivity contribution in [2.24, 2.45) is 0 Å². The summed E-state index contributed by atoms with van der Waals surface area (Å²) in [6, 6.07) is 4.97. The molecule has 0 bridgehead atoms. The number of aryl methyl sites for hydroxylation is 1. The molecule has 0 unspecified atom stereocenters. The third-order valence-electron chi connectivity index (χ3n) is 2.28. The average Bonchev–Trinajstić information content (AvgIpc) is 2.48. The Morgan fingerprint density at radius 3 is 2.77 bits per heavy atom. The highest BCUT2D eigenvalue weighted by Crippen LogP contribution is 2.25. The van der Waals surface area contributed by atoms with Crippen LogP contribution in [0.25, 0.3) is 0 Å². The topological polar surface area (TPSA) is 54.4 Å². The van der Waals surface area contributed by atoms with Crippen LogP contribution in [0.3, 0.4) is 0 Å². The number of rotatable bonds is 1. The number of Topliss-reactive ketones (excluding diaryl/α,β-unsaturated/α-hetero) is 1. The van der Waals surface area contributed by atoms with E-state index >= 15 is 0 Å². The summed E-state index contributed by atoms with van der Waals surface area (Å²) in [5, 5.41) is 8.81. The summed E-state index contributed by atoms with van der Waals surface area (Å²) in [5.74, 6) is -1.07. The SMILES string of the molecule is O=C(O)c1cccc2c1C(=O)CC2. The molecule has 0 spiro atoms. The molecule has 0 radical (unpaired) electrons. The van der Waals surface area contributed by atoms with Crippen molar-refractivity contribution in [1.82, 2.24) is 0 Å². The molecule has 1 aliphatic rings. The van der Waals surface area contributed by atoms with E-state index in [0.717, 1.165) is 5.56 Å². The Morgan fingerprint density at radius 1 is 1.31 bits per heavy atom. The van der Waals surface area contributed by atoms with E-state index in [1.54, 1.807) is 6.07 Å². The Balaban J connectivity index is 2.66. The van der Waals surface area contributed by atoms with Crippen LogP contribution in [0.1, 0.15) is 32.7 Å². The van der Waals surface area contributed by atoms with E-state index in [4.69, 9.17) is 5.11 Å². The van der Waals surface area contributed by atoms with Gasteiger partial charge in [-0.2, -0.15) is 0 Å². The normalized spacial score (nSPS) is 14.3. The van der Waals surface area contributed by atoms with Crippen molar-refractivity contribution in [3.05, 3.63) is 34.9 Å². The van der Waals surface area contributed by atoms with Crippen molar-refractivity contribution in [2.75, 3.05) is 0 Å². The smallest absolute Gasteiger partial charge is 0.336 e. The molecular formula is C10H8O3. The van der Waals surface area contributed by atoms with Gasteiger partial charge in [-0.15, -0.1) is 0 Å². The fraction of sp³-hybridized carbons (Fsp3) is 0.200. The van der Waals surface area contributed by atoms with Crippen molar-refractivity contribution in [3.8, 4) is 0 Å². The molecule has 66 valence electrons. The summed E-state index contributed by atoms with van der Waals surface area (Å²) in [6.07, 6.45) is 1.12. The van der Waals surface area contributed by atoms with Crippen LogP contribution >= 0.6 is 0 Å². The van der Waals surface area contributed by atoms with Gasteiger partial charge in [0, 0.05) is 12.0 Å². The maximum absolute atomic E-state index is 11.3. The number of carboxylic acid groups (broad SMARTS) is 1. The summed E-state index contributed by atoms with van der Waals surface area (Å²) in [5.41, 5.74) is 1.42. The van der Waals surface area contributed by atoms with Crippen LogP contribution in [0, 0.1) is 0 Å². The third kappa shape index (κ3) is 1.13. The van der Waals surface area contributed by atoms with Crippen LogP contribution in [0.15, 0.2) is 18.2 Å². The van der Waals surface area contributed by atoms with Gasteiger partial charge < -0.3 is 5.11 Å². The second kappa shape index (κ2) is 2.69. The fourth-order valence-corrected chi connectivity index (χ4v) is 1.69. The highest BCUT2D eigenvalue weighted by Gasteiger charge is 2.24. The Bertz CT molecular complexity index is 393. The second-order valence-electron chi connectivity index (χ2n) is 3.07. The fourth-order valence-electron chi connectivity index (χ4n) is 1.69. The number of aromatic carboxylic acids is 1. The number of carbonyl (C=O) groups excluding carboxylic acids is 1. The summed E-state index contributed by atoms with van der Waals surface area (Å²) in [4.78, 5) is 22.1. The lowest BCUT2D eigenvalue weighted by Gasteiger charge is -2.01. The van der Waals surface area contributed by atoms with Gasteiger partial charge in [0.1, 0.15) is 0 Å². The van der Waals surface area contributed by atoms with Gasteiger partial charge >= 0.3 is 5.97 Å². The maximum Gasteiger partial charge on any atom is 0.336 e. The maximum atomic E-state index is 11.3. The Kier molecular flexibility index (Phi) is 1.65. The first kappa shape index (κ1) is 7.98. The standard InChI is InChI=1S/C10H8O3/c11-8-5-4-6-2-1-3-7(9(6)8)10(12)13/h1-3H,4-5H2,(H,12,13). The molecule has 0 saturated carbocycles. The van der Waals surface area contributed by atoms with E-state index in [2.05, 4.69) is 0 Å². The minimum Gasteiger partial charge on any atom is -0.478 e. The molecule has 0 aliphatic heterocycles. The molecule has 0 fully saturated rings. The lowest BCUT2D eigenvalue weighted by atomic mass is 10.0. The molecule has 1 N–H and O–H groups in total. The van der Waals surface area contributed by atoms with Crippen LogP contribution in [-0.2, 0) is 6.42 Å². The Morgan fingerprint density at radius 2 is 2.08 bits per heavy atom. The van der Waals surface area contributed by atoms with E-state index in [0.29, 0.717) is 18.4 Å². The molecule has 1 aromatic rings. The monoisotopic (exact) mass is 176 g/mol. The molecular weight excluding hydrogens is 168 g/mol. The van der Waals surface area contributed by atoms with Crippen LogP contribution in [0.4, 0.5) is 0 Å². The third-order valence-corrected chi connectivity index (χ3v) is 2.28. The molecule has 13 heavy (non-hydrogen) atoms. The van der Waals surface area contributed by atoms with Crippen LogP contribution in [-0.4, -0.2) is 16.9 Å². The molecule has 3 nitrogen and oxygen atoms in total. The van der Waals surface area contributed by atoms with E-state index in [1.807, 2.05) is 6.07 Å². The largest absolute Gasteiger partial charge is 0.478 e. The van der Waals surface area contributed by atoms with Crippen molar-refractivity contribution in [2.45, 2.75) is 12.8 Å². The van der Waals surface area contributed by atoms with Gasteiger partial charge in [-0.05, 0) is 18.1 Å². The molecule has 2 rings (SSSR count). The number of ketones is 1. The lowest BCUT2D eigenvalue weighted by molar-refractivity contribution is 0.0692. The zero-order chi connectivity index (χ0) is 9.42. The zero-order valence-electron chi connectivity index (χ0n) is 6.91. The second-order valence-corrected chi connectivity index (χ2v) is 3.07. The first-order valence-corrected chi connectivity index (χ1v) is 4.08. The molecule has 1 aliphatic carbocycles. The summed E-state index contributed by atoms with van der Waals surface area (Å²) >= 11 is 0. The summed E-state index contributed by atoms with van der Waals surface area (Å²) in [6.45, 7) is 0. The quantitative estimate of drug-likeness (QED) is 0.705. The van der Waals surface area contributed by atoms with Gasteiger partial charge in [0.15, 0.2) is 5.78 Å². The number of carboxylic acids is 1. The molecule has 0 aromatic heterocycles. The van der Waals surface area contributed by atoms with Crippen LogP contribution < -0.4 is 0 Å².